The van der Waals surface area contributed by atoms with Gasteiger partial charge < -0.3 is 19.8 Å². The molecule has 3 amide bonds. The number of aliphatic hydroxyl groups excluding tert-OH is 1. The Bertz CT molecular complexity index is 1080. The molecular formula is C30H41N3O4S. The first-order valence-corrected chi connectivity index (χ1v) is 14.5. The predicted molar refractivity (Wildman–Crippen MR) is 153 cm³/mol. The third kappa shape index (κ3) is 4.49. The molecule has 3 fully saturated rings. The zero-order chi connectivity index (χ0) is 27.8. The second kappa shape index (κ2) is 11.3. The van der Waals surface area contributed by atoms with Gasteiger partial charge >= 0.3 is 0 Å². The topological polar surface area (TPSA) is 81.2 Å². The number of amides is 3. The van der Waals surface area contributed by atoms with Gasteiger partial charge in [0.15, 0.2) is 0 Å². The third-order valence-electron chi connectivity index (χ3n) is 8.45. The highest BCUT2D eigenvalue weighted by Crippen LogP contribution is 2.67. The van der Waals surface area contributed by atoms with Crippen LogP contribution in [0.3, 0.4) is 0 Å². The second-order valence-corrected chi connectivity index (χ2v) is 12.8. The van der Waals surface area contributed by atoms with Gasteiger partial charge in [-0.1, -0.05) is 44.2 Å². The minimum atomic E-state index is -0.737. The second-order valence-electron chi connectivity index (χ2n) is 11.2. The van der Waals surface area contributed by atoms with Crippen LogP contribution in [0.5, 0.6) is 0 Å². The maximum Gasteiger partial charge on any atom is 0.247 e. The summed E-state index contributed by atoms with van der Waals surface area (Å²) in [5.74, 6) is -1.62. The van der Waals surface area contributed by atoms with Crippen LogP contribution in [0.2, 0.25) is 0 Å². The SMILES string of the molecule is C=CCN(C(=O)[C@@H]1[C@@H]2CCC3(S2)C(C(=O)N(CC=C)C(C)C)N([C@@H](CO)C(C)C)C(=O)[C@H]13)c1ccccc1. The van der Waals surface area contributed by atoms with Crippen molar-refractivity contribution in [3.05, 3.63) is 55.6 Å². The third-order valence-corrected chi connectivity index (χ3v) is 10.4. The summed E-state index contributed by atoms with van der Waals surface area (Å²) in [6, 6.07) is 8.14. The first kappa shape index (κ1) is 28.4. The van der Waals surface area contributed by atoms with E-state index in [4.69, 9.17) is 0 Å². The van der Waals surface area contributed by atoms with Gasteiger partial charge in [0.1, 0.15) is 6.04 Å². The average Bonchev–Trinajstić information content (AvgIpc) is 3.53. The van der Waals surface area contributed by atoms with Gasteiger partial charge in [-0.25, -0.2) is 0 Å². The summed E-state index contributed by atoms with van der Waals surface area (Å²) in [5.41, 5.74) is 0.765. The Hall–Kier alpha value is -2.58. The molecule has 0 aliphatic carbocycles. The quantitative estimate of drug-likeness (QED) is 0.434. The van der Waals surface area contributed by atoms with E-state index in [2.05, 4.69) is 13.2 Å². The Balaban J connectivity index is 1.81. The summed E-state index contributed by atoms with van der Waals surface area (Å²) in [6.45, 7) is 16.0. The van der Waals surface area contributed by atoms with E-state index in [0.717, 1.165) is 12.1 Å². The normalized spacial score (nSPS) is 28.5. The summed E-state index contributed by atoms with van der Waals surface area (Å²) >= 11 is 1.66. The number of thioether (sulfide) groups is 1. The van der Waals surface area contributed by atoms with Crippen molar-refractivity contribution in [3.8, 4) is 0 Å². The van der Waals surface area contributed by atoms with Gasteiger partial charge in [-0.3, -0.25) is 14.4 Å². The van der Waals surface area contributed by atoms with Crippen LogP contribution in [0.15, 0.2) is 55.6 Å². The number of anilines is 1. The molecule has 2 unspecified atom stereocenters. The van der Waals surface area contributed by atoms with E-state index in [1.54, 1.807) is 38.6 Å². The Kier molecular flexibility index (Phi) is 8.43. The van der Waals surface area contributed by atoms with Crippen molar-refractivity contribution in [1.82, 2.24) is 9.80 Å². The fraction of sp³-hybridized carbons (Fsp3) is 0.567. The highest BCUT2D eigenvalue weighted by molar-refractivity contribution is 8.02. The number of fused-ring (bicyclic) bond motifs is 1. The molecule has 4 rings (SSSR count). The highest BCUT2D eigenvalue weighted by Gasteiger charge is 2.74. The summed E-state index contributed by atoms with van der Waals surface area (Å²) in [7, 11) is 0. The molecule has 1 aromatic rings. The van der Waals surface area contributed by atoms with Crippen molar-refractivity contribution in [2.45, 2.75) is 68.7 Å². The number of nitrogens with zero attached hydrogens (tertiary/aromatic N) is 3. The lowest BCUT2D eigenvalue weighted by Gasteiger charge is -2.41. The fourth-order valence-electron chi connectivity index (χ4n) is 6.72. The van der Waals surface area contributed by atoms with E-state index in [9.17, 15) is 19.5 Å². The van der Waals surface area contributed by atoms with Crippen molar-refractivity contribution >= 4 is 35.2 Å². The van der Waals surface area contributed by atoms with E-state index in [1.165, 1.54) is 0 Å². The van der Waals surface area contributed by atoms with Crippen molar-refractivity contribution < 1.29 is 19.5 Å². The number of para-hydroxylation sites is 1. The number of hydrogen-bond donors (Lipinski definition) is 1. The lowest BCUT2D eigenvalue weighted by Crippen LogP contribution is -2.59. The molecular weight excluding hydrogens is 498 g/mol. The number of likely N-dealkylation sites (tertiary alicyclic amines) is 1. The molecule has 1 spiro atoms. The number of carbonyl (C=O) groups excluding carboxylic acids is 3. The zero-order valence-electron chi connectivity index (χ0n) is 23.0. The number of rotatable bonds is 11. The van der Waals surface area contributed by atoms with Gasteiger partial charge in [0, 0.05) is 30.1 Å². The molecule has 3 aliphatic rings. The van der Waals surface area contributed by atoms with Gasteiger partial charge in [0.25, 0.3) is 0 Å². The average molecular weight is 540 g/mol. The van der Waals surface area contributed by atoms with Crippen molar-refractivity contribution in [1.29, 1.82) is 0 Å². The largest absolute Gasteiger partial charge is 0.394 e. The standard InChI is InChI=1S/C30H41N3O4S/c1-7-16-31(20(5)6)29(37)26-30-15-14-23(38-30)24(25(30)28(36)33(26)22(18-34)19(3)4)27(35)32(17-8-2)21-12-10-9-11-13-21/h7-13,19-20,22-26,34H,1-2,14-18H2,3-6H3/t22-,23-,24+,25-,26?,30?/m0/s1. The van der Waals surface area contributed by atoms with E-state index < -0.39 is 28.7 Å². The van der Waals surface area contributed by atoms with Gasteiger partial charge in [0.05, 0.1) is 29.2 Å². The lowest BCUT2D eigenvalue weighted by atomic mass is 9.70. The monoisotopic (exact) mass is 539 g/mol. The zero-order valence-corrected chi connectivity index (χ0v) is 23.8. The van der Waals surface area contributed by atoms with Crippen molar-refractivity contribution in [2.24, 2.45) is 17.8 Å². The first-order valence-electron chi connectivity index (χ1n) is 13.6. The molecule has 6 atom stereocenters. The molecule has 8 heteroatoms. The maximum atomic E-state index is 14.4. The molecule has 3 aliphatic heterocycles. The minimum absolute atomic E-state index is 0.0385. The molecule has 206 valence electrons. The fourth-order valence-corrected chi connectivity index (χ4v) is 8.91. The highest BCUT2D eigenvalue weighted by atomic mass is 32.2. The van der Waals surface area contributed by atoms with Crippen LogP contribution < -0.4 is 4.90 Å². The van der Waals surface area contributed by atoms with E-state index >= 15 is 0 Å². The Morgan fingerprint density at radius 1 is 1.13 bits per heavy atom. The number of aliphatic hydroxyl groups is 1. The van der Waals surface area contributed by atoms with Crippen LogP contribution >= 0.6 is 11.8 Å². The van der Waals surface area contributed by atoms with Crippen LogP contribution in [0.25, 0.3) is 0 Å². The molecule has 3 saturated heterocycles. The van der Waals surface area contributed by atoms with Gasteiger partial charge in [-0.15, -0.1) is 24.9 Å². The molecule has 1 N–H and O–H groups in total. The maximum absolute atomic E-state index is 14.4. The number of hydrogen-bond acceptors (Lipinski definition) is 5. The molecule has 7 nitrogen and oxygen atoms in total. The molecule has 1 aromatic carbocycles. The number of benzene rings is 1. The summed E-state index contributed by atoms with van der Waals surface area (Å²) < 4.78 is -0.702. The van der Waals surface area contributed by atoms with Crippen LogP contribution in [-0.4, -0.2) is 80.4 Å². The smallest absolute Gasteiger partial charge is 0.247 e. The van der Waals surface area contributed by atoms with Crippen LogP contribution in [0, 0.1) is 17.8 Å². The van der Waals surface area contributed by atoms with E-state index in [-0.39, 0.29) is 41.5 Å². The Labute approximate surface area is 230 Å². The van der Waals surface area contributed by atoms with Gasteiger partial charge in [0.2, 0.25) is 17.7 Å². The van der Waals surface area contributed by atoms with Gasteiger partial charge in [-0.2, -0.15) is 0 Å². The minimum Gasteiger partial charge on any atom is -0.394 e. The Morgan fingerprint density at radius 2 is 1.79 bits per heavy atom. The van der Waals surface area contributed by atoms with Crippen LogP contribution in [0.4, 0.5) is 5.69 Å². The molecule has 0 saturated carbocycles. The summed E-state index contributed by atoms with van der Waals surface area (Å²) in [6.07, 6.45) is 4.87. The van der Waals surface area contributed by atoms with E-state index in [0.29, 0.717) is 19.5 Å². The van der Waals surface area contributed by atoms with Crippen molar-refractivity contribution in [3.63, 3.8) is 0 Å². The molecule has 0 aromatic heterocycles. The molecule has 3 heterocycles. The number of carbonyl (C=O) groups is 3. The lowest BCUT2D eigenvalue weighted by molar-refractivity contribution is -0.147. The van der Waals surface area contributed by atoms with Crippen LogP contribution in [0.1, 0.15) is 40.5 Å². The summed E-state index contributed by atoms with van der Waals surface area (Å²) in [4.78, 5) is 48.1. The van der Waals surface area contributed by atoms with Gasteiger partial charge in [-0.05, 0) is 44.7 Å². The molecule has 2 bridgehead atoms. The van der Waals surface area contributed by atoms with E-state index in [1.807, 2.05) is 58.0 Å². The summed E-state index contributed by atoms with van der Waals surface area (Å²) in [5, 5.41) is 10.4. The molecule has 38 heavy (non-hydrogen) atoms. The van der Waals surface area contributed by atoms with Crippen LogP contribution in [-0.2, 0) is 14.4 Å². The first-order chi connectivity index (χ1) is 18.1. The van der Waals surface area contributed by atoms with Crippen molar-refractivity contribution in [2.75, 3.05) is 24.6 Å². The molecule has 0 radical (unpaired) electrons. The Morgan fingerprint density at radius 3 is 2.34 bits per heavy atom. The predicted octanol–water partition coefficient (Wildman–Crippen LogP) is 3.74.